The van der Waals surface area contributed by atoms with Crippen LogP contribution in [0.5, 0.6) is 0 Å². The molecule has 0 heterocycles. The predicted octanol–water partition coefficient (Wildman–Crippen LogP) is 4.63. The molecule has 0 unspecified atom stereocenters. The van der Waals surface area contributed by atoms with Crippen molar-refractivity contribution < 1.29 is 18.0 Å². The maximum absolute atomic E-state index is 12.2. The Labute approximate surface area is 106 Å². The van der Waals surface area contributed by atoms with E-state index in [2.05, 4.69) is 0 Å². The van der Waals surface area contributed by atoms with E-state index in [4.69, 9.17) is 11.6 Å². The predicted molar refractivity (Wildman–Crippen MR) is 62.5 cm³/mol. The molecule has 6 heteroatoms. The molecule has 0 radical (unpaired) electrons. The van der Waals surface area contributed by atoms with Crippen LogP contribution in [-0.2, 0) is 5.88 Å². The van der Waals surface area contributed by atoms with E-state index in [0.717, 1.165) is 0 Å². The zero-order valence-electron chi connectivity index (χ0n) is 8.97. The number of alkyl halides is 4. The average molecular weight is 283 g/mol. The molecule has 0 saturated carbocycles. The Kier molecular flexibility index (Phi) is 4.89. The maximum Gasteiger partial charge on any atom is 0.446 e. The van der Waals surface area contributed by atoms with Gasteiger partial charge in [0.25, 0.3) is 0 Å². The minimum Gasteiger partial charge on any atom is -0.294 e. The lowest BCUT2D eigenvalue weighted by Gasteiger charge is -2.09. The first kappa shape index (κ1) is 14.4. The molecule has 0 aromatic heterocycles. The summed E-state index contributed by atoms with van der Waals surface area (Å²) in [6.45, 7) is 1.69. The van der Waals surface area contributed by atoms with Crippen molar-refractivity contribution in [2.75, 3.05) is 0 Å². The van der Waals surface area contributed by atoms with E-state index >= 15 is 0 Å². The van der Waals surface area contributed by atoms with E-state index in [0.29, 0.717) is 17.5 Å². The molecule has 1 rings (SSSR count). The number of rotatable bonds is 4. The fourth-order valence-electron chi connectivity index (χ4n) is 1.34. The molecule has 0 fully saturated rings. The Hall–Kier alpha value is -0.680. The van der Waals surface area contributed by atoms with Gasteiger partial charge in [0, 0.05) is 22.8 Å². The van der Waals surface area contributed by atoms with Crippen molar-refractivity contribution >= 4 is 29.1 Å². The van der Waals surface area contributed by atoms with Gasteiger partial charge in [-0.05, 0) is 35.5 Å². The average Bonchev–Trinajstić information content (AvgIpc) is 2.25. The van der Waals surface area contributed by atoms with Gasteiger partial charge >= 0.3 is 5.51 Å². The normalized spacial score (nSPS) is 11.6. The number of benzene rings is 1. The Balaban J connectivity index is 3.04. The second-order valence-corrected chi connectivity index (χ2v) is 4.68. The summed E-state index contributed by atoms with van der Waals surface area (Å²) in [6, 6.07) is 4.00. The number of hydrogen-bond donors (Lipinski definition) is 0. The maximum atomic E-state index is 12.2. The van der Waals surface area contributed by atoms with Crippen LogP contribution in [0.1, 0.15) is 29.3 Å². The SMILES string of the molecule is CCC(=O)c1ccc(SC(F)(F)F)cc1CCl. The van der Waals surface area contributed by atoms with Gasteiger partial charge in [-0.2, -0.15) is 13.2 Å². The van der Waals surface area contributed by atoms with Crippen molar-refractivity contribution in [1.82, 2.24) is 0 Å². The van der Waals surface area contributed by atoms with Crippen LogP contribution < -0.4 is 0 Å². The number of Topliss-reactive ketones (excluding diaryl/α,β-unsaturated/α-hetero) is 1. The Morgan fingerprint density at radius 2 is 2.06 bits per heavy atom. The molecule has 0 N–H and O–H groups in total. The van der Waals surface area contributed by atoms with Gasteiger partial charge in [0.1, 0.15) is 0 Å². The standard InChI is InChI=1S/C11H10ClF3OS/c1-2-10(16)9-4-3-8(5-7(9)6-12)17-11(13,14)15/h3-5H,2,6H2,1H3. The lowest BCUT2D eigenvalue weighted by atomic mass is 10.0. The summed E-state index contributed by atoms with van der Waals surface area (Å²) in [7, 11) is 0. The molecular weight excluding hydrogens is 273 g/mol. The van der Waals surface area contributed by atoms with Crippen LogP contribution in [0.4, 0.5) is 13.2 Å². The first-order chi connectivity index (χ1) is 7.87. The van der Waals surface area contributed by atoms with E-state index in [1.54, 1.807) is 6.92 Å². The molecule has 94 valence electrons. The fourth-order valence-corrected chi connectivity index (χ4v) is 2.17. The number of carbonyl (C=O) groups is 1. The summed E-state index contributed by atoms with van der Waals surface area (Å²) < 4.78 is 36.5. The Morgan fingerprint density at radius 1 is 1.41 bits per heavy atom. The van der Waals surface area contributed by atoms with Crippen molar-refractivity contribution in [3.63, 3.8) is 0 Å². The largest absolute Gasteiger partial charge is 0.446 e. The van der Waals surface area contributed by atoms with Crippen molar-refractivity contribution in [3.8, 4) is 0 Å². The van der Waals surface area contributed by atoms with Crippen LogP contribution in [0, 0.1) is 0 Å². The molecule has 0 aliphatic rings. The van der Waals surface area contributed by atoms with Gasteiger partial charge in [-0.25, -0.2) is 0 Å². The van der Waals surface area contributed by atoms with Gasteiger partial charge in [-0.15, -0.1) is 11.6 Å². The van der Waals surface area contributed by atoms with Crippen molar-refractivity contribution in [1.29, 1.82) is 0 Å². The number of carbonyl (C=O) groups excluding carboxylic acids is 1. The summed E-state index contributed by atoms with van der Waals surface area (Å²) in [6.07, 6.45) is 0.301. The molecule has 0 bridgehead atoms. The van der Waals surface area contributed by atoms with Crippen LogP contribution >= 0.6 is 23.4 Å². The topological polar surface area (TPSA) is 17.1 Å². The van der Waals surface area contributed by atoms with Crippen LogP contribution in [0.3, 0.4) is 0 Å². The zero-order chi connectivity index (χ0) is 13.1. The molecule has 1 aromatic rings. The van der Waals surface area contributed by atoms with Crippen LogP contribution in [0.25, 0.3) is 0 Å². The van der Waals surface area contributed by atoms with E-state index in [-0.39, 0.29) is 28.3 Å². The minimum atomic E-state index is -4.33. The van der Waals surface area contributed by atoms with Gasteiger partial charge in [0.05, 0.1) is 0 Å². The lowest BCUT2D eigenvalue weighted by Crippen LogP contribution is -2.03. The van der Waals surface area contributed by atoms with Gasteiger partial charge in [0.2, 0.25) is 0 Å². The molecule has 0 aliphatic heterocycles. The molecular formula is C11H10ClF3OS. The van der Waals surface area contributed by atoms with E-state index in [1.165, 1.54) is 18.2 Å². The molecule has 0 saturated heterocycles. The third-order valence-electron chi connectivity index (χ3n) is 2.08. The van der Waals surface area contributed by atoms with Crippen molar-refractivity contribution in [2.24, 2.45) is 0 Å². The quantitative estimate of drug-likeness (QED) is 0.455. The monoisotopic (exact) mass is 282 g/mol. The van der Waals surface area contributed by atoms with Gasteiger partial charge in [-0.1, -0.05) is 6.92 Å². The highest BCUT2D eigenvalue weighted by atomic mass is 35.5. The molecule has 1 aromatic carbocycles. The molecule has 0 aliphatic carbocycles. The highest BCUT2D eigenvalue weighted by Gasteiger charge is 2.29. The van der Waals surface area contributed by atoms with Gasteiger partial charge in [-0.3, -0.25) is 4.79 Å². The third kappa shape index (κ3) is 4.24. The number of thioether (sulfide) groups is 1. The summed E-state index contributed by atoms with van der Waals surface area (Å²) in [5, 5.41) is 0. The smallest absolute Gasteiger partial charge is 0.294 e. The second-order valence-electron chi connectivity index (χ2n) is 3.28. The van der Waals surface area contributed by atoms with Gasteiger partial charge in [0.15, 0.2) is 5.78 Å². The molecule has 0 spiro atoms. The number of ketones is 1. The first-order valence-electron chi connectivity index (χ1n) is 4.85. The molecule has 1 nitrogen and oxygen atoms in total. The van der Waals surface area contributed by atoms with E-state index in [1.807, 2.05) is 0 Å². The van der Waals surface area contributed by atoms with Crippen LogP contribution in [-0.4, -0.2) is 11.3 Å². The number of halogens is 4. The van der Waals surface area contributed by atoms with Crippen molar-refractivity contribution in [2.45, 2.75) is 29.6 Å². The molecule has 17 heavy (non-hydrogen) atoms. The summed E-state index contributed by atoms with van der Waals surface area (Å²) in [5.41, 5.74) is -3.50. The molecule has 0 atom stereocenters. The van der Waals surface area contributed by atoms with Crippen molar-refractivity contribution in [3.05, 3.63) is 29.3 Å². The summed E-state index contributed by atoms with van der Waals surface area (Å²) >= 11 is 5.42. The molecule has 0 amide bonds. The minimum absolute atomic E-state index is 0.0212. The first-order valence-corrected chi connectivity index (χ1v) is 6.20. The Bertz CT molecular complexity index is 418. The Morgan fingerprint density at radius 3 is 2.53 bits per heavy atom. The third-order valence-corrected chi connectivity index (χ3v) is 3.08. The highest BCUT2D eigenvalue weighted by Crippen LogP contribution is 2.37. The summed E-state index contributed by atoms with van der Waals surface area (Å²) in [5.74, 6) is -0.0999. The number of hydrogen-bond acceptors (Lipinski definition) is 2. The summed E-state index contributed by atoms with van der Waals surface area (Å²) in [4.78, 5) is 11.5. The second kappa shape index (κ2) is 5.78. The highest BCUT2D eigenvalue weighted by molar-refractivity contribution is 8.00. The lowest BCUT2D eigenvalue weighted by molar-refractivity contribution is -0.0328. The van der Waals surface area contributed by atoms with Gasteiger partial charge < -0.3 is 0 Å². The van der Waals surface area contributed by atoms with E-state index in [9.17, 15) is 18.0 Å². The van der Waals surface area contributed by atoms with Crippen LogP contribution in [0.15, 0.2) is 23.1 Å². The fraction of sp³-hybridized carbons (Fsp3) is 0.364. The van der Waals surface area contributed by atoms with Crippen LogP contribution in [0.2, 0.25) is 0 Å². The van der Waals surface area contributed by atoms with E-state index < -0.39 is 5.51 Å². The zero-order valence-corrected chi connectivity index (χ0v) is 10.5.